The Bertz CT molecular complexity index is 802. The average Bonchev–Trinajstić information content (AvgIpc) is 3.18. The molecule has 0 aliphatic rings. The molecule has 0 atom stereocenters. The summed E-state index contributed by atoms with van der Waals surface area (Å²) < 4.78 is 11.2. The van der Waals surface area contributed by atoms with Crippen molar-refractivity contribution in [2.45, 2.75) is 0 Å². The van der Waals surface area contributed by atoms with Crippen LogP contribution < -0.4 is 10.1 Å². The first-order valence-corrected chi connectivity index (χ1v) is 7.92. The van der Waals surface area contributed by atoms with Crippen molar-refractivity contribution in [2.24, 2.45) is 0 Å². The fraction of sp³-hybridized carbons (Fsp3) is 0.0714. The number of aromatic nitrogens is 2. The van der Waals surface area contributed by atoms with Crippen molar-refractivity contribution in [1.82, 2.24) is 10.2 Å². The Labute approximate surface area is 138 Å². The Kier molecular flexibility index (Phi) is 4.21. The molecule has 1 N–H and O–H groups in total. The second kappa shape index (κ2) is 6.29. The summed E-state index contributed by atoms with van der Waals surface area (Å²) in [4.78, 5) is 12.3. The molecule has 0 radical (unpaired) electrons. The smallest absolute Gasteiger partial charge is 0.322 e. The van der Waals surface area contributed by atoms with Gasteiger partial charge in [-0.1, -0.05) is 5.10 Å². The molecular weight excluding hydrogens is 370 g/mol. The van der Waals surface area contributed by atoms with Crippen molar-refractivity contribution >= 4 is 39.2 Å². The van der Waals surface area contributed by atoms with Gasteiger partial charge in [0.05, 0.1) is 12.7 Å². The first-order chi connectivity index (χ1) is 10.7. The SMILES string of the molecule is COc1ccc(Br)c(C(=O)Nc2nnc(-c3ccsc3)o2)c1. The number of halogens is 1. The molecule has 3 rings (SSSR count). The number of ether oxygens (including phenoxy) is 1. The lowest BCUT2D eigenvalue weighted by Crippen LogP contribution is -2.13. The van der Waals surface area contributed by atoms with E-state index in [1.54, 1.807) is 18.2 Å². The van der Waals surface area contributed by atoms with E-state index in [4.69, 9.17) is 9.15 Å². The van der Waals surface area contributed by atoms with Crippen LogP contribution in [-0.4, -0.2) is 23.2 Å². The quantitative estimate of drug-likeness (QED) is 0.745. The van der Waals surface area contributed by atoms with Crippen LogP contribution in [0, 0.1) is 0 Å². The highest BCUT2D eigenvalue weighted by Gasteiger charge is 2.15. The Morgan fingerprint density at radius 2 is 2.23 bits per heavy atom. The molecule has 1 aromatic carbocycles. The van der Waals surface area contributed by atoms with E-state index < -0.39 is 0 Å². The van der Waals surface area contributed by atoms with E-state index in [-0.39, 0.29) is 11.9 Å². The predicted octanol–water partition coefficient (Wildman–Crippen LogP) is 3.82. The predicted molar refractivity (Wildman–Crippen MR) is 86.3 cm³/mol. The highest BCUT2D eigenvalue weighted by molar-refractivity contribution is 9.10. The molecule has 0 aliphatic carbocycles. The van der Waals surface area contributed by atoms with E-state index in [2.05, 4.69) is 31.4 Å². The van der Waals surface area contributed by atoms with Crippen LogP contribution >= 0.6 is 27.3 Å². The zero-order chi connectivity index (χ0) is 15.5. The topological polar surface area (TPSA) is 77.2 Å². The number of thiophene rings is 1. The summed E-state index contributed by atoms with van der Waals surface area (Å²) in [5, 5.41) is 14.1. The molecule has 0 bridgehead atoms. The highest BCUT2D eigenvalue weighted by Crippen LogP contribution is 2.25. The van der Waals surface area contributed by atoms with E-state index >= 15 is 0 Å². The van der Waals surface area contributed by atoms with Gasteiger partial charge in [0.2, 0.25) is 0 Å². The second-order valence-electron chi connectivity index (χ2n) is 4.22. The molecule has 3 aromatic rings. The third-order valence-corrected chi connectivity index (χ3v) is 4.21. The lowest BCUT2D eigenvalue weighted by atomic mass is 10.2. The van der Waals surface area contributed by atoms with Crippen molar-refractivity contribution in [2.75, 3.05) is 12.4 Å². The number of methoxy groups -OCH3 is 1. The maximum atomic E-state index is 12.3. The van der Waals surface area contributed by atoms with Gasteiger partial charge < -0.3 is 9.15 Å². The maximum Gasteiger partial charge on any atom is 0.322 e. The van der Waals surface area contributed by atoms with Gasteiger partial charge in [-0.25, -0.2) is 0 Å². The Morgan fingerprint density at radius 1 is 1.36 bits per heavy atom. The fourth-order valence-corrected chi connectivity index (χ4v) is 2.80. The van der Waals surface area contributed by atoms with Crippen molar-refractivity contribution in [3.05, 3.63) is 45.1 Å². The van der Waals surface area contributed by atoms with Crippen LogP contribution in [0.25, 0.3) is 11.5 Å². The average molecular weight is 380 g/mol. The number of nitrogens with one attached hydrogen (secondary N) is 1. The van der Waals surface area contributed by atoms with Crippen LogP contribution in [0.5, 0.6) is 5.75 Å². The third-order valence-electron chi connectivity index (χ3n) is 2.83. The van der Waals surface area contributed by atoms with Crippen molar-refractivity contribution in [3.63, 3.8) is 0 Å². The minimum atomic E-state index is -0.369. The number of carbonyl (C=O) groups is 1. The molecule has 22 heavy (non-hydrogen) atoms. The molecule has 2 aromatic heterocycles. The molecule has 6 nitrogen and oxygen atoms in total. The van der Waals surface area contributed by atoms with Crippen LogP contribution in [-0.2, 0) is 0 Å². The summed E-state index contributed by atoms with van der Waals surface area (Å²) in [6.07, 6.45) is 0. The van der Waals surface area contributed by atoms with Crippen molar-refractivity contribution in [3.8, 4) is 17.2 Å². The van der Waals surface area contributed by atoms with Gasteiger partial charge in [0.1, 0.15) is 5.75 Å². The summed E-state index contributed by atoms with van der Waals surface area (Å²) in [5.74, 6) is 0.574. The molecule has 0 saturated carbocycles. The lowest BCUT2D eigenvalue weighted by Gasteiger charge is -2.06. The van der Waals surface area contributed by atoms with E-state index in [0.29, 0.717) is 21.7 Å². The van der Waals surface area contributed by atoms with E-state index in [0.717, 1.165) is 5.56 Å². The van der Waals surface area contributed by atoms with E-state index in [9.17, 15) is 4.79 Å². The van der Waals surface area contributed by atoms with Gasteiger partial charge in [0.25, 0.3) is 11.8 Å². The minimum Gasteiger partial charge on any atom is -0.497 e. The van der Waals surface area contributed by atoms with Crippen molar-refractivity contribution in [1.29, 1.82) is 0 Å². The highest BCUT2D eigenvalue weighted by atomic mass is 79.9. The van der Waals surface area contributed by atoms with Crippen molar-refractivity contribution < 1.29 is 13.9 Å². The van der Waals surface area contributed by atoms with Gasteiger partial charge in [0, 0.05) is 15.4 Å². The number of hydrogen-bond donors (Lipinski definition) is 1. The van der Waals surface area contributed by atoms with Gasteiger partial charge in [-0.2, -0.15) is 11.3 Å². The number of carbonyl (C=O) groups excluding carboxylic acids is 1. The first-order valence-electron chi connectivity index (χ1n) is 6.18. The second-order valence-corrected chi connectivity index (χ2v) is 5.86. The molecular formula is C14H10BrN3O3S. The molecule has 8 heteroatoms. The van der Waals surface area contributed by atoms with Gasteiger partial charge in [-0.05, 0) is 45.6 Å². The molecule has 0 aliphatic heterocycles. The molecule has 112 valence electrons. The van der Waals surface area contributed by atoms with E-state index in [1.165, 1.54) is 18.4 Å². The Morgan fingerprint density at radius 3 is 2.95 bits per heavy atom. The summed E-state index contributed by atoms with van der Waals surface area (Å²) in [5.41, 5.74) is 1.23. The zero-order valence-corrected chi connectivity index (χ0v) is 13.8. The first kappa shape index (κ1) is 14.7. The molecule has 0 unspecified atom stereocenters. The summed E-state index contributed by atoms with van der Waals surface area (Å²) in [6.45, 7) is 0. The summed E-state index contributed by atoms with van der Waals surface area (Å²) in [6, 6.07) is 7.01. The Balaban J connectivity index is 1.80. The normalized spacial score (nSPS) is 10.5. The van der Waals surface area contributed by atoms with Gasteiger partial charge in [-0.3, -0.25) is 10.1 Å². The van der Waals surface area contributed by atoms with Gasteiger partial charge in [0.15, 0.2) is 0 Å². The number of benzene rings is 1. The molecule has 0 fully saturated rings. The molecule has 0 spiro atoms. The van der Waals surface area contributed by atoms with Crippen LogP contribution in [0.1, 0.15) is 10.4 Å². The Hall–Kier alpha value is -2.19. The van der Waals surface area contributed by atoms with Crippen LogP contribution in [0.2, 0.25) is 0 Å². The number of anilines is 1. The van der Waals surface area contributed by atoms with E-state index in [1.807, 2.05) is 16.8 Å². The van der Waals surface area contributed by atoms with Crippen LogP contribution in [0.4, 0.5) is 6.01 Å². The third kappa shape index (κ3) is 3.02. The fourth-order valence-electron chi connectivity index (χ4n) is 1.75. The lowest BCUT2D eigenvalue weighted by molar-refractivity contribution is 0.102. The summed E-state index contributed by atoms with van der Waals surface area (Å²) >= 11 is 4.85. The number of amides is 1. The standard InChI is InChI=1S/C14H10BrN3O3S/c1-20-9-2-3-11(15)10(6-9)12(19)16-14-18-17-13(21-14)8-4-5-22-7-8/h2-7H,1H3,(H,16,18,19). The van der Waals surface area contributed by atoms with Crippen LogP contribution in [0.15, 0.2) is 43.9 Å². The summed E-state index contributed by atoms with van der Waals surface area (Å²) in [7, 11) is 1.54. The van der Waals surface area contributed by atoms with Gasteiger partial charge >= 0.3 is 6.01 Å². The monoisotopic (exact) mass is 379 g/mol. The molecule has 1 amide bonds. The maximum absolute atomic E-state index is 12.3. The number of nitrogens with zero attached hydrogens (tertiary/aromatic N) is 2. The van der Waals surface area contributed by atoms with Gasteiger partial charge in [-0.15, -0.1) is 5.10 Å². The zero-order valence-electron chi connectivity index (χ0n) is 11.4. The largest absolute Gasteiger partial charge is 0.497 e. The minimum absolute atomic E-state index is 0.0425. The molecule has 2 heterocycles. The molecule has 0 saturated heterocycles. The number of rotatable bonds is 4. The number of hydrogen-bond acceptors (Lipinski definition) is 6. The van der Waals surface area contributed by atoms with Crippen LogP contribution in [0.3, 0.4) is 0 Å².